The van der Waals surface area contributed by atoms with Gasteiger partial charge in [0.15, 0.2) is 6.04 Å². The Balaban J connectivity index is 1.49. The molecule has 4 aromatic rings. The predicted octanol–water partition coefficient (Wildman–Crippen LogP) is 6.34. The van der Waals surface area contributed by atoms with Crippen molar-refractivity contribution >= 4 is 47.1 Å². The molecule has 8 nitrogen and oxygen atoms in total. The fourth-order valence-corrected chi connectivity index (χ4v) is 4.01. The number of carboxylic acid groups (broad SMARTS) is 1. The number of hydrogen-bond donors (Lipinski definition) is 3. The largest absolute Gasteiger partial charge is 0.480 e. The standard InChI is InChI=1S/C32H26Cl2N2O6/c33-26-16-11-22(17-27(26)34)18-28(31(38)36-29(32(39)40)20-41-19-21-7-3-1-4-8-21)35-30(37)23-12-14-25(15-13-23)42-24-9-5-2-6-10-24/h1-18,29H,19-20H2,(H,35,37)(H,36,38)(H,39,40). The zero-order valence-corrected chi connectivity index (χ0v) is 23.6. The molecule has 0 saturated heterocycles. The van der Waals surface area contributed by atoms with E-state index in [4.69, 9.17) is 32.7 Å². The lowest BCUT2D eigenvalue weighted by molar-refractivity contribution is -0.143. The van der Waals surface area contributed by atoms with Gasteiger partial charge in [-0.15, -0.1) is 0 Å². The van der Waals surface area contributed by atoms with Gasteiger partial charge in [-0.25, -0.2) is 4.79 Å². The van der Waals surface area contributed by atoms with E-state index in [1.807, 2.05) is 48.5 Å². The number of benzene rings is 4. The number of carboxylic acids is 1. The van der Waals surface area contributed by atoms with Crippen LogP contribution in [0.25, 0.3) is 6.08 Å². The molecule has 0 aliphatic rings. The van der Waals surface area contributed by atoms with Crippen molar-refractivity contribution < 1.29 is 29.0 Å². The molecule has 0 radical (unpaired) electrons. The van der Waals surface area contributed by atoms with Crippen molar-refractivity contribution in [2.75, 3.05) is 6.61 Å². The van der Waals surface area contributed by atoms with Gasteiger partial charge in [-0.2, -0.15) is 0 Å². The third kappa shape index (κ3) is 8.94. The van der Waals surface area contributed by atoms with Crippen molar-refractivity contribution in [3.63, 3.8) is 0 Å². The fourth-order valence-electron chi connectivity index (χ4n) is 3.70. The molecule has 0 heterocycles. The Morgan fingerprint density at radius 2 is 1.45 bits per heavy atom. The number of aliphatic carboxylic acids is 1. The van der Waals surface area contributed by atoms with E-state index in [1.165, 1.54) is 18.2 Å². The molecule has 0 fully saturated rings. The monoisotopic (exact) mass is 604 g/mol. The molecule has 0 aliphatic carbocycles. The summed E-state index contributed by atoms with van der Waals surface area (Å²) in [6, 6.07) is 27.9. The van der Waals surface area contributed by atoms with Gasteiger partial charge in [0.1, 0.15) is 17.2 Å². The highest BCUT2D eigenvalue weighted by atomic mass is 35.5. The third-order valence-corrected chi connectivity index (χ3v) is 6.58. The first-order valence-electron chi connectivity index (χ1n) is 12.7. The molecule has 0 saturated carbocycles. The van der Waals surface area contributed by atoms with E-state index >= 15 is 0 Å². The van der Waals surface area contributed by atoms with Crippen LogP contribution in [0.2, 0.25) is 10.0 Å². The van der Waals surface area contributed by atoms with Crippen LogP contribution in [-0.4, -0.2) is 35.5 Å². The molecule has 0 spiro atoms. The number of rotatable bonds is 12. The summed E-state index contributed by atoms with van der Waals surface area (Å²) in [5.74, 6) is -1.59. The van der Waals surface area contributed by atoms with Crippen molar-refractivity contribution in [1.82, 2.24) is 10.6 Å². The van der Waals surface area contributed by atoms with Gasteiger partial charge in [-0.3, -0.25) is 9.59 Å². The van der Waals surface area contributed by atoms with Gasteiger partial charge in [-0.05, 0) is 65.7 Å². The van der Waals surface area contributed by atoms with E-state index < -0.39 is 23.8 Å². The highest BCUT2D eigenvalue weighted by Crippen LogP contribution is 2.24. The van der Waals surface area contributed by atoms with E-state index in [0.29, 0.717) is 22.1 Å². The second-order valence-corrected chi connectivity index (χ2v) is 9.80. The molecule has 1 atom stereocenters. The van der Waals surface area contributed by atoms with Crippen LogP contribution in [0.1, 0.15) is 21.5 Å². The Morgan fingerprint density at radius 3 is 2.10 bits per heavy atom. The summed E-state index contributed by atoms with van der Waals surface area (Å²) >= 11 is 12.1. The number of nitrogens with one attached hydrogen (secondary N) is 2. The lowest BCUT2D eigenvalue weighted by Crippen LogP contribution is -2.46. The Morgan fingerprint density at radius 1 is 0.810 bits per heavy atom. The van der Waals surface area contributed by atoms with E-state index in [0.717, 1.165) is 5.56 Å². The molecule has 42 heavy (non-hydrogen) atoms. The van der Waals surface area contributed by atoms with Gasteiger partial charge < -0.3 is 25.2 Å². The average molecular weight is 605 g/mol. The van der Waals surface area contributed by atoms with Gasteiger partial charge in [0.2, 0.25) is 0 Å². The number of para-hydroxylation sites is 1. The molecular weight excluding hydrogens is 579 g/mol. The zero-order chi connectivity index (χ0) is 29.9. The summed E-state index contributed by atoms with van der Waals surface area (Å²) in [5.41, 5.74) is 1.33. The molecule has 0 aliphatic heterocycles. The molecule has 0 bridgehead atoms. The van der Waals surface area contributed by atoms with Crippen LogP contribution >= 0.6 is 23.2 Å². The predicted molar refractivity (Wildman–Crippen MR) is 161 cm³/mol. The molecule has 0 aromatic heterocycles. The number of amides is 2. The first-order chi connectivity index (χ1) is 20.3. The highest BCUT2D eigenvalue weighted by molar-refractivity contribution is 6.42. The molecule has 1 unspecified atom stereocenters. The second-order valence-electron chi connectivity index (χ2n) is 8.99. The zero-order valence-electron chi connectivity index (χ0n) is 22.1. The van der Waals surface area contributed by atoms with Gasteiger partial charge in [0, 0.05) is 5.56 Å². The minimum absolute atomic E-state index is 0.160. The van der Waals surface area contributed by atoms with Gasteiger partial charge in [0.25, 0.3) is 11.8 Å². The Labute approximate surface area is 252 Å². The maximum Gasteiger partial charge on any atom is 0.328 e. The lowest BCUT2D eigenvalue weighted by Gasteiger charge is -2.17. The lowest BCUT2D eigenvalue weighted by atomic mass is 10.1. The van der Waals surface area contributed by atoms with Crippen molar-refractivity contribution in [1.29, 1.82) is 0 Å². The number of carbonyl (C=O) groups excluding carboxylic acids is 2. The number of ether oxygens (including phenoxy) is 2. The summed E-state index contributed by atoms with van der Waals surface area (Å²) in [6.45, 7) is -0.139. The summed E-state index contributed by atoms with van der Waals surface area (Å²) in [6.07, 6.45) is 1.37. The molecule has 4 aromatic carbocycles. The van der Waals surface area contributed by atoms with E-state index in [1.54, 1.807) is 42.5 Å². The van der Waals surface area contributed by atoms with Gasteiger partial charge in [-0.1, -0.05) is 77.8 Å². The SMILES string of the molecule is O=C(NC(COCc1ccccc1)C(=O)O)C(=Cc1ccc(Cl)c(Cl)c1)NC(=O)c1ccc(Oc2ccccc2)cc1. The Bertz CT molecular complexity index is 1560. The van der Waals surface area contributed by atoms with Crippen LogP contribution in [0.15, 0.2) is 109 Å². The first-order valence-corrected chi connectivity index (χ1v) is 13.5. The second kappa shape index (κ2) is 14.8. The summed E-state index contributed by atoms with van der Waals surface area (Å²) in [4.78, 5) is 38.3. The first kappa shape index (κ1) is 30.3. The smallest absolute Gasteiger partial charge is 0.328 e. The van der Waals surface area contributed by atoms with Gasteiger partial charge >= 0.3 is 5.97 Å². The maximum absolute atomic E-state index is 13.3. The molecular formula is C32H26Cl2N2O6. The Hall–Kier alpha value is -4.63. The third-order valence-electron chi connectivity index (χ3n) is 5.84. The number of halogens is 2. The van der Waals surface area contributed by atoms with E-state index in [-0.39, 0.29) is 29.5 Å². The molecule has 4 rings (SSSR count). The molecule has 214 valence electrons. The molecule has 3 N–H and O–H groups in total. The number of carbonyl (C=O) groups is 3. The van der Waals surface area contributed by atoms with Crippen LogP contribution in [0.4, 0.5) is 0 Å². The van der Waals surface area contributed by atoms with E-state index in [2.05, 4.69) is 10.6 Å². The average Bonchev–Trinajstić information content (AvgIpc) is 2.99. The fraction of sp³-hybridized carbons (Fsp3) is 0.0938. The van der Waals surface area contributed by atoms with Crippen LogP contribution in [-0.2, 0) is 20.9 Å². The summed E-state index contributed by atoms with van der Waals surface area (Å²) in [5, 5.41) is 15.2. The minimum Gasteiger partial charge on any atom is -0.480 e. The van der Waals surface area contributed by atoms with Crippen molar-refractivity contribution in [3.05, 3.63) is 136 Å². The minimum atomic E-state index is -1.38. The van der Waals surface area contributed by atoms with E-state index in [9.17, 15) is 19.5 Å². The van der Waals surface area contributed by atoms with Crippen LogP contribution in [0, 0.1) is 0 Å². The van der Waals surface area contributed by atoms with Gasteiger partial charge in [0.05, 0.1) is 23.3 Å². The Kier molecular flexibility index (Phi) is 10.7. The topological polar surface area (TPSA) is 114 Å². The normalized spacial score (nSPS) is 11.8. The maximum atomic E-state index is 13.3. The highest BCUT2D eigenvalue weighted by Gasteiger charge is 2.24. The quantitative estimate of drug-likeness (QED) is 0.162. The van der Waals surface area contributed by atoms with Crippen molar-refractivity contribution in [2.24, 2.45) is 0 Å². The summed E-state index contributed by atoms with van der Waals surface area (Å²) in [7, 11) is 0. The summed E-state index contributed by atoms with van der Waals surface area (Å²) < 4.78 is 11.3. The van der Waals surface area contributed by atoms with Crippen molar-refractivity contribution in [2.45, 2.75) is 12.6 Å². The van der Waals surface area contributed by atoms with Crippen LogP contribution in [0.3, 0.4) is 0 Å². The van der Waals surface area contributed by atoms with Crippen molar-refractivity contribution in [3.8, 4) is 11.5 Å². The number of hydrogen-bond acceptors (Lipinski definition) is 5. The molecule has 2 amide bonds. The molecule has 10 heteroatoms. The van der Waals surface area contributed by atoms with Crippen LogP contribution in [0.5, 0.6) is 11.5 Å². The van der Waals surface area contributed by atoms with Crippen LogP contribution < -0.4 is 15.4 Å².